The Hall–Kier alpha value is -2.96. The number of aromatic nitrogens is 2. The number of nitrogens with one attached hydrogen (secondary N) is 1. The molecule has 0 spiro atoms. The zero-order valence-corrected chi connectivity index (χ0v) is 18.0. The maximum atomic E-state index is 11.3. The summed E-state index contributed by atoms with van der Waals surface area (Å²) in [6, 6.07) is 17.0. The molecule has 6 nitrogen and oxygen atoms in total. The van der Waals surface area contributed by atoms with Gasteiger partial charge in [0.25, 0.3) is 5.91 Å². The second-order valence-electron chi connectivity index (χ2n) is 7.94. The Morgan fingerprint density at radius 1 is 1.13 bits per heavy atom. The number of amides is 1. The van der Waals surface area contributed by atoms with Crippen LogP contribution in [0.3, 0.4) is 0 Å². The average molecular weight is 407 g/mol. The number of hydrogen-bond acceptors (Lipinski definition) is 4. The average Bonchev–Trinajstić information content (AvgIpc) is 3.10. The molecular weight excluding hydrogens is 376 g/mol. The Kier molecular flexibility index (Phi) is 7.03. The number of carbonyl (C=O) groups excluding carboxylic acids is 1. The molecule has 0 aliphatic heterocycles. The van der Waals surface area contributed by atoms with Crippen molar-refractivity contribution in [1.82, 2.24) is 19.9 Å². The largest absolute Gasteiger partial charge is 0.323 e. The maximum Gasteiger partial charge on any atom is 0.267 e. The fourth-order valence-electron chi connectivity index (χ4n) is 3.84. The first-order valence-corrected chi connectivity index (χ1v) is 10.3. The number of hydrogen-bond donors (Lipinski definition) is 2. The highest BCUT2D eigenvalue weighted by atomic mass is 16.5. The number of para-hydroxylation sites is 2. The number of rotatable bonds is 8. The highest BCUT2D eigenvalue weighted by Gasteiger charge is 2.17. The summed E-state index contributed by atoms with van der Waals surface area (Å²) in [7, 11) is 0. The molecule has 0 aliphatic rings. The molecule has 158 valence electrons. The van der Waals surface area contributed by atoms with Crippen LogP contribution in [0.4, 0.5) is 0 Å². The summed E-state index contributed by atoms with van der Waals surface area (Å²) in [4.78, 5) is 18.7. The number of fused-ring (bicyclic) bond motifs is 1. The molecule has 0 aliphatic carbocycles. The molecule has 1 amide bonds. The zero-order valence-electron chi connectivity index (χ0n) is 18.0. The van der Waals surface area contributed by atoms with Crippen LogP contribution < -0.4 is 5.48 Å². The third kappa shape index (κ3) is 4.96. The molecule has 1 aromatic heterocycles. The lowest BCUT2D eigenvalue weighted by molar-refractivity contribution is -0.124. The van der Waals surface area contributed by atoms with Gasteiger partial charge in [0.15, 0.2) is 0 Å². The minimum absolute atomic E-state index is 0.467. The third-order valence-electron chi connectivity index (χ3n) is 5.25. The molecule has 0 saturated carbocycles. The summed E-state index contributed by atoms with van der Waals surface area (Å²) >= 11 is 0. The van der Waals surface area contributed by atoms with E-state index in [0.717, 1.165) is 41.1 Å². The van der Waals surface area contributed by atoms with Crippen molar-refractivity contribution in [1.29, 1.82) is 0 Å². The summed E-state index contributed by atoms with van der Waals surface area (Å²) in [6.45, 7) is 10.7. The van der Waals surface area contributed by atoms with Crippen LogP contribution in [-0.2, 0) is 11.3 Å². The van der Waals surface area contributed by atoms with Crippen LogP contribution >= 0.6 is 0 Å². The SMILES string of the molecule is CC(C)N(CCn1c(-c2cccc(C=CC(=O)NO)c2)nc2ccccc21)C(C)C. The first kappa shape index (κ1) is 21.7. The van der Waals surface area contributed by atoms with Crippen LogP contribution in [0.25, 0.3) is 28.5 Å². The Morgan fingerprint density at radius 2 is 1.87 bits per heavy atom. The van der Waals surface area contributed by atoms with Crippen molar-refractivity contribution in [3.63, 3.8) is 0 Å². The van der Waals surface area contributed by atoms with Crippen molar-refractivity contribution >= 4 is 23.0 Å². The molecule has 3 rings (SSSR count). The Morgan fingerprint density at radius 3 is 2.57 bits per heavy atom. The topological polar surface area (TPSA) is 70.4 Å². The van der Waals surface area contributed by atoms with E-state index < -0.39 is 5.91 Å². The van der Waals surface area contributed by atoms with Crippen LogP contribution in [0, 0.1) is 0 Å². The van der Waals surface area contributed by atoms with Crippen molar-refractivity contribution in [2.45, 2.75) is 46.3 Å². The minimum Gasteiger partial charge on any atom is -0.323 e. The predicted octanol–water partition coefficient (Wildman–Crippen LogP) is 4.34. The second-order valence-corrected chi connectivity index (χ2v) is 7.94. The first-order chi connectivity index (χ1) is 14.4. The van der Waals surface area contributed by atoms with Gasteiger partial charge in [0.2, 0.25) is 0 Å². The van der Waals surface area contributed by atoms with E-state index in [-0.39, 0.29) is 0 Å². The van der Waals surface area contributed by atoms with E-state index in [1.54, 1.807) is 11.6 Å². The smallest absolute Gasteiger partial charge is 0.267 e. The summed E-state index contributed by atoms with van der Waals surface area (Å²) in [5.74, 6) is 0.348. The maximum absolute atomic E-state index is 11.3. The van der Waals surface area contributed by atoms with E-state index in [1.165, 1.54) is 6.08 Å². The highest BCUT2D eigenvalue weighted by molar-refractivity contribution is 5.91. The van der Waals surface area contributed by atoms with Crippen molar-refractivity contribution in [2.75, 3.05) is 6.54 Å². The van der Waals surface area contributed by atoms with Gasteiger partial charge in [0.1, 0.15) is 5.82 Å². The standard InChI is InChI=1S/C24H30N4O2/c1-17(2)27(18(3)4)14-15-28-22-11-6-5-10-21(22)25-24(28)20-9-7-8-19(16-20)12-13-23(29)26-30/h5-13,16-18,30H,14-15H2,1-4H3,(H,26,29). The monoisotopic (exact) mass is 406 g/mol. The van der Waals surface area contributed by atoms with Gasteiger partial charge in [-0.2, -0.15) is 0 Å². The highest BCUT2D eigenvalue weighted by Crippen LogP contribution is 2.26. The first-order valence-electron chi connectivity index (χ1n) is 10.3. The quantitative estimate of drug-likeness (QED) is 0.332. The van der Waals surface area contributed by atoms with Crippen molar-refractivity contribution in [3.8, 4) is 11.4 Å². The summed E-state index contributed by atoms with van der Waals surface area (Å²) in [5.41, 5.74) is 5.53. The van der Waals surface area contributed by atoms with Crippen LogP contribution in [0.2, 0.25) is 0 Å². The summed E-state index contributed by atoms with van der Waals surface area (Å²) in [6.07, 6.45) is 2.96. The lowest BCUT2D eigenvalue weighted by Crippen LogP contribution is -2.39. The van der Waals surface area contributed by atoms with E-state index in [0.29, 0.717) is 12.1 Å². The fraction of sp³-hybridized carbons (Fsp3) is 0.333. The molecule has 1 heterocycles. The molecule has 0 bridgehead atoms. The van der Waals surface area contributed by atoms with Gasteiger partial charge >= 0.3 is 0 Å². The van der Waals surface area contributed by atoms with Gasteiger partial charge in [-0.05, 0) is 57.5 Å². The number of imidazole rings is 1. The zero-order chi connectivity index (χ0) is 21.7. The Labute approximate surface area is 177 Å². The number of hydroxylamine groups is 1. The molecule has 0 saturated heterocycles. The van der Waals surface area contributed by atoms with Crippen LogP contribution in [0.15, 0.2) is 54.6 Å². The second kappa shape index (κ2) is 9.69. The van der Waals surface area contributed by atoms with Crippen molar-refractivity contribution in [2.24, 2.45) is 0 Å². The molecule has 0 radical (unpaired) electrons. The molecule has 30 heavy (non-hydrogen) atoms. The number of nitrogens with zero attached hydrogens (tertiary/aromatic N) is 3. The van der Waals surface area contributed by atoms with Gasteiger partial charge < -0.3 is 4.57 Å². The van der Waals surface area contributed by atoms with Crippen LogP contribution in [-0.4, -0.2) is 44.2 Å². The molecule has 0 fully saturated rings. The summed E-state index contributed by atoms with van der Waals surface area (Å²) in [5, 5.41) is 8.68. The van der Waals surface area contributed by atoms with Crippen molar-refractivity contribution < 1.29 is 10.0 Å². The van der Waals surface area contributed by atoms with E-state index in [2.05, 4.69) is 43.2 Å². The molecule has 3 aromatic rings. The molecule has 2 aromatic carbocycles. The molecule has 0 atom stereocenters. The van der Waals surface area contributed by atoms with Gasteiger partial charge in [-0.3, -0.25) is 14.9 Å². The predicted molar refractivity (Wildman–Crippen MR) is 121 cm³/mol. The van der Waals surface area contributed by atoms with Gasteiger partial charge in [-0.15, -0.1) is 0 Å². The normalized spacial score (nSPS) is 12.0. The Balaban J connectivity index is 1.99. The van der Waals surface area contributed by atoms with E-state index in [9.17, 15) is 4.79 Å². The number of benzene rings is 2. The van der Waals surface area contributed by atoms with E-state index >= 15 is 0 Å². The van der Waals surface area contributed by atoms with Crippen LogP contribution in [0.1, 0.15) is 33.3 Å². The molecular formula is C24H30N4O2. The fourth-order valence-corrected chi connectivity index (χ4v) is 3.84. The molecule has 6 heteroatoms. The third-order valence-corrected chi connectivity index (χ3v) is 5.25. The molecule has 0 unspecified atom stereocenters. The summed E-state index contributed by atoms with van der Waals surface area (Å²) < 4.78 is 2.27. The van der Waals surface area contributed by atoms with Crippen molar-refractivity contribution in [3.05, 3.63) is 60.2 Å². The lowest BCUT2D eigenvalue weighted by atomic mass is 10.1. The minimum atomic E-state index is -0.560. The van der Waals surface area contributed by atoms with E-state index in [1.807, 2.05) is 42.5 Å². The van der Waals surface area contributed by atoms with E-state index in [4.69, 9.17) is 10.2 Å². The van der Waals surface area contributed by atoms with Crippen LogP contribution in [0.5, 0.6) is 0 Å². The number of carbonyl (C=O) groups is 1. The van der Waals surface area contributed by atoms with Gasteiger partial charge in [-0.1, -0.05) is 30.3 Å². The van der Waals surface area contributed by atoms with Gasteiger partial charge in [-0.25, -0.2) is 10.5 Å². The Bertz CT molecular complexity index is 1030. The lowest BCUT2D eigenvalue weighted by Gasteiger charge is -2.30. The van der Waals surface area contributed by atoms with Gasteiger partial charge in [0, 0.05) is 36.8 Å². The van der Waals surface area contributed by atoms with Gasteiger partial charge in [0.05, 0.1) is 11.0 Å². The molecule has 2 N–H and O–H groups in total.